The molecule has 0 aliphatic heterocycles. The molecule has 1 aliphatic carbocycles. The van der Waals surface area contributed by atoms with Gasteiger partial charge >= 0.3 is 0 Å². The van der Waals surface area contributed by atoms with E-state index < -0.39 is 0 Å². The lowest BCUT2D eigenvalue weighted by Gasteiger charge is -2.34. The Kier molecular flexibility index (Phi) is 3.12. The van der Waals surface area contributed by atoms with Crippen LogP contribution in [-0.2, 0) is 5.54 Å². The Bertz CT molecular complexity index is 542. The molecule has 1 heterocycles. The number of nitrogens with zero attached hydrogens (tertiary/aromatic N) is 1. The van der Waals surface area contributed by atoms with Gasteiger partial charge in [-0.2, -0.15) is 5.10 Å². The maximum absolute atomic E-state index is 9.59. The van der Waals surface area contributed by atoms with Gasteiger partial charge < -0.3 is 10.8 Å². The first-order valence-corrected chi connectivity index (χ1v) is 6.76. The second-order valence-electron chi connectivity index (χ2n) is 5.42. The molecule has 3 rings (SSSR count). The zero-order chi connectivity index (χ0) is 13.3. The van der Waals surface area contributed by atoms with Crippen LogP contribution >= 0.6 is 0 Å². The van der Waals surface area contributed by atoms with E-state index in [0.717, 1.165) is 42.6 Å². The van der Waals surface area contributed by atoms with Crippen LogP contribution in [-0.4, -0.2) is 21.4 Å². The number of hydrogen-bond acceptors (Lipinski definition) is 3. The molecule has 0 unspecified atom stereocenters. The Labute approximate surface area is 112 Å². The summed E-state index contributed by atoms with van der Waals surface area (Å²) in [6, 6.07) is 12.1. The monoisotopic (exact) mass is 257 g/mol. The molecule has 0 saturated heterocycles. The number of hydrogen-bond donors (Lipinski definition) is 3. The normalized spacial score (nSPS) is 27.4. The number of aliphatic hydroxyl groups excluding tert-OH is 1. The van der Waals surface area contributed by atoms with Crippen LogP contribution in [0.15, 0.2) is 36.4 Å². The molecule has 1 saturated carbocycles. The Morgan fingerprint density at radius 1 is 1.21 bits per heavy atom. The van der Waals surface area contributed by atoms with Crippen LogP contribution in [0.25, 0.3) is 11.3 Å². The van der Waals surface area contributed by atoms with Crippen LogP contribution in [0.2, 0.25) is 0 Å². The lowest BCUT2D eigenvalue weighted by Crippen LogP contribution is -2.41. The minimum atomic E-state index is -0.376. The van der Waals surface area contributed by atoms with Crippen molar-refractivity contribution >= 4 is 0 Å². The average molecular weight is 257 g/mol. The van der Waals surface area contributed by atoms with Gasteiger partial charge in [0.05, 0.1) is 23.0 Å². The Hall–Kier alpha value is -1.65. The molecule has 0 radical (unpaired) electrons. The third-order valence-corrected chi connectivity index (χ3v) is 4.03. The largest absolute Gasteiger partial charge is 0.393 e. The quantitative estimate of drug-likeness (QED) is 0.771. The third kappa shape index (κ3) is 2.41. The van der Waals surface area contributed by atoms with E-state index in [1.807, 2.05) is 36.4 Å². The highest BCUT2D eigenvalue weighted by Crippen LogP contribution is 2.35. The fourth-order valence-electron chi connectivity index (χ4n) is 2.72. The number of nitrogens with one attached hydrogen (secondary N) is 1. The van der Waals surface area contributed by atoms with Crippen LogP contribution in [0.5, 0.6) is 0 Å². The van der Waals surface area contributed by atoms with Gasteiger partial charge in [0.25, 0.3) is 0 Å². The van der Waals surface area contributed by atoms with E-state index in [0.29, 0.717) is 0 Å². The van der Waals surface area contributed by atoms with Gasteiger partial charge in [-0.25, -0.2) is 0 Å². The molecular weight excluding hydrogens is 238 g/mol. The van der Waals surface area contributed by atoms with Gasteiger partial charge in [-0.15, -0.1) is 0 Å². The summed E-state index contributed by atoms with van der Waals surface area (Å²) >= 11 is 0. The van der Waals surface area contributed by atoms with Gasteiger partial charge in [0, 0.05) is 5.56 Å². The van der Waals surface area contributed by atoms with E-state index in [-0.39, 0.29) is 11.6 Å². The summed E-state index contributed by atoms with van der Waals surface area (Å²) < 4.78 is 0. The lowest BCUT2D eigenvalue weighted by atomic mass is 9.79. The van der Waals surface area contributed by atoms with Crippen molar-refractivity contribution in [2.45, 2.75) is 37.3 Å². The maximum Gasteiger partial charge on any atom is 0.0924 e. The van der Waals surface area contributed by atoms with Gasteiger partial charge in [-0.1, -0.05) is 30.3 Å². The van der Waals surface area contributed by atoms with Crippen molar-refractivity contribution in [2.24, 2.45) is 5.73 Å². The third-order valence-electron chi connectivity index (χ3n) is 4.03. The molecule has 4 heteroatoms. The van der Waals surface area contributed by atoms with E-state index in [2.05, 4.69) is 10.2 Å². The molecule has 1 aromatic carbocycles. The molecular formula is C15H19N3O. The van der Waals surface area contributed by atoms with Crippen LogP contribution in [0.4, 0.5) is 0 Å². The molecule has 4 nitrogen and oxygen atoms in total. The number of nitrogens with two attached hydrogens (primary N) is 1. The van der Waals surface area contributed by atoms with E-state index in [9.17, 15) is 5.11 Å². The molecule has 0 bridgehead atoms. The molecule has 2 aromatic rings. The highest BCUT2D eigenvalue weighted by atomic mass is 16.3. The van der Waals surface area contributed by atoms with Crippen molar-refractivity contribution in [3.05, 3.63) is 42.1 Å². The molecule has 19 heavy (non-hydrogen) atoms. The Morgan fingerprint density at radius 3 is 2.58 bits per heavy atom. The van der Waals surface area contributed by atoms with Crippen molar-refractivity contribution in [2.75, 3.05) is 0 Å². The van der Waals surface area contributed by atoms with Crippen LogP contribution in [0.1, 0.15) is 31.4 Å². The molecule has 0 atom stereocenters. The number of H-pyrrole nitrogens is 1. The Morgan fingerprint density at radius 2 is 1.89 bits per heavy atom. The summed E-state index contributed by atoms with van der Waals surface area (Å²) in [6.07, 6.45) is 2.91. The first kappa shape index (κ1) is 12.4. The molecule has 1 fully saturated rings. The van der Waals surface area contributed by atoms with Gasteiger partial charge in [-0.3, -0.25) is 5.10 Å². The summed E-state index contributed by atoms with van der Waals surface area (Å²) in [6.45, 7) is 0. The summed E-state index contributed by atoms with van der Waals surface area (Å²) in [5.74, 6) is 0. The zero-order valence-corrected chi connectivity index (χ0v) is 10.8. The number of benzene rings is 1. The summed E-state index contributed by atoms with van der Waals surface area (Å²) in [5, 5.41) is 17.0. The first-order chi connectivity index (χ1) is 9.17. The zero-order valence-electron chi connectivity index (χ0n) is 10.8. The van der Waals surface area contributed by atoms with E-state index in [4.69, 9.17) is 5.73 Å². The van der Waals surface area contributed by atoms with Crippen LogP contribution < -0.4 is 5.73 Å². The highest BCUT2D eigenvalue weighted by molar-refractivity contribution is 5.59. The fourth-order valence-corrected chi connectivity index (χ4v) is 2.72. The number of aliphatic hydroxyl groups is 1. The minimum Gasteiger partial charge on any atom is -0.393 e. The maximum atomic E-state index is 9.59. The molecule has 0 amide bonds. The van der Waals surface area contributed by atoms with Crippen molar-refractivity contribution in [1.29, 1.82) is 0 Å². The molecule has 100 valence electrons. The SMILES string of the molecule is NC1(c2cc(-c3ccccc3)n[nH]2)CCC(O)CC1. The second kappa shape index (κ2) is 4.79. The lowest BCUT2D eigenvalue weighted by molar-refractivity contribution is 0.0956. The number of rotatable bonds is 2. The standard InChI is InChI=1S/C15H19N3O/c16-15(8-6-12(19)7-9-15)14-10-13(17-18-14)11-4-2-1-3-5-11/h1-5,10,12,19H,6-9,16H2,(H,17,18). The predicted molar refractivity (Wildman–Crippen MR) is 74.4 cm³/mol. The summed E-state index contributed by atoms with van der Waals surface area (Å²) in [7, 11) is 0. The van der Waals surface area contributed by atoms with Gasteiger partial charge in [-0.05, 0) is 31.7 Å². The first-order valence-electron chi connectivity index (χ1n) is 6.76. The highest BCUT2D eigenvalue weighted by Gasteiger charge is 2.34. The number of aromatic nitrogens is 2. The van der Waals surface area contributed by atoms with E-state index in [1.54, 1.807) is 0 Å². The van der Waals surface area contributed by atoms with Crippen LogP contribution in [0, 0.1) is 0 Å². The van der Waals surface area contributed by atoms with Crippen LogP contribution in [0.3, 0.4) is 0 Å². The molecule has 4 N–H and O–H groups in total. The fraction of sp³-hybridized carbons (Fsp3) is 0.400. The van der Waals surface area contributed by atoms with Gasteiger partial charge in [0.1, 0.15) is 0 Å². The van der Waals surface area contributed by atoms with E-state index in [1.165, 1.54) is 0 Å². The molecule has 0 spiro atoms. The van der Waals surface area contributed by atoms with Crippen molar-refractivity contribution in [3.8, 4) is 11.3 Å². The topological polar surface area (TPSA) is 74.9 Å². The van der Waals surface area contributed by atoms with Crippen molar-refractivity contribution in [3.63, 3.8) is 0 Å². The second-order valence-corrected chi connectivity index (χ2v) is 5.42. The number of aromatic amines is 1. The Balaban J connectivity index is 1.85. The van der Waals surface area contributed by atoms with Gasteiger partial charge in [0.15, 0.2) is 0 Å². The summed E-state index contributed by atoms with van der Waals surface area (Å²) in [4.78, 5) is 0. The van der Waals surface area contributed by atoms with Gasteiger partial charge in [0.2, 0.25) is 0 Å². The smallest absolute Gasteiger partial charge is 0.0924 e. The van der Waals surface area contributed by atoms with E-state index >= 15 is 0 Å². The van der Waals surface area contributed by atoms with Crippen molar-refractivity contribution < 1.29 is 5.11 Å². The average Bonchev–Trinajstić information content (AvgIpc) is 2.94. The molecule has 1 aliphatic rings. The van der Waals surface area contributed by atoms with Crippen molar-refractivity contribution in [1.82, 2.24) is 10.2 Å². The summed E-state index contributed by atoms with van der Waals surface area (Å²) in [5.41, 5.74) is 9.06. The molecule has 1 aromatic heterocycles. The predicted octanol–water partition coefficient (Wildman–Crippen LogP) is 2.17. The minimum absolute atomic E-state index is 0.201.